The number of aryl methyl sites for hydroxylation is 2. The summed E-state index contributed by atoms with van der Waals surface area (Å²) in [6.45, 7) is 2.96. The van der Waals surface area contributed by atoms with Gasteiger partial charge in [-0.2, -0.15) is 13.2 Å². The number of aromatic nitrogens is 2. The molecule has 1 unspecified atom stereocenters. The topological polar surface area (TPSA) is 58.0 Å². The van der Waals surface area contributed by atoms with Gasteiger partial charge in [0.15, 0.2) is 0 Å². The Balaban J connectivity index is 2.37. The van der Waals surface area contributed by atoms with Crippen molar-refractivity contribution >= 4 is 5.82 Å². The molecule has 0 fully saturated rings. The average Bonchev–Trinajstić information content (AvgIpc) is 2.43. The molecule has 1 aromatic carbocycles. The number of hydrogen-bond acceptors (Lipinski definition) is 4. The number of aliphatic hydroxyl groups excluding tert-OH is 1. The van der Waals surface area contributed by atoms with Gasteiger partial charge in [0.05, 0.1) is 18.2 Å². The highest BCUT2D eigenvalue weighted by atomic mass is 19.4. The van der Waals surface area contributed by atoms with Crippen LogP contribution >= 0.6 is 0 Å². The van der Waals surface area contributed by atoms with Crippen molar-refractivity contribution in [1.82, 2.24) is 9.97 Å². The second-order valence-electron chi connectivity index (χ2n) is 4.91. The summed E-state index contributed by atoms with van der Waals surface area (Å²) in [5.74, 6) is 0.879. The summed E-state index contributed by atoms with van der Waals surface area (Å²) < 4.78 is 39.2. The molecule has 22 heavy (non-hydrogen) atoms. The maximum Gasteiger partial charge on any atom is 0.416 e. The fourth-order valence-electron chi connectivity index (χ4n) is 2.25. The molecule has 1 aromatic heterocycles. The minimum atomic E-state index is -4.48. The monoisotopic (exact) mass is 311 g/mol. The normalized spacial score (nSPS) is 13.0. The fraction of sp³-hybridized carbons (Fsp3) is 0.333. The van der Waals surface area contributed by atoms with Crippen LogP contribution in [0, 0.1) is 13.8 Å². The number of nitrogens with zero attached hydrogens (tertiary/aromatic N) is 2. The second-order valence-corrected chi connectivity index (χ2v) is 4.91. The maximum absolute atomic E-state index is 13.1. The number of anilines is 1. The van der Waals surface area contributed by atoms with E-state index in [4.69, 9.17) is 0 Å². The lowest BCUT2D eigenvalue weighted by molar-refractivity contribution is -0.138. The molecule has 0 aliphatic carbocycles. The molecule has 2 rings (SSSR count). The van der Waals surface area contributed by atoms with E-state index in [2.05, 4.69) is 15.3 Å². The van der Waals surface area contributed by atoms with Crippen LogP contribution < -0.4 is 5.32 Å². The first kappa shape index (κ1) is 16.2. The molecule has 118 valence electrons. The highest BCUT2D eigenvalue weighted by molar-refractivity contribution is 5.42. The van der Waals surface area contributed by atoms with Gasteiger partial charge in [0, 0.05) is 11.8 Å². The summed E-state index contributed by atoms with van der Waals surface area (Å²) in [4.78, 5) is 8.23. The lowest BCUT2D eigenvalue weighted by Gasteiger charge is -2.21. The molecule has 0 aliphatic rings. The highest BCUT2D eigenvalue weighted by Gasteiger charge is 2.34. The summed E-state index contributed by atoms with van der Waals surface area (Å²) in [5, 5.41) is 12.3. The van der Waals surface area contributed by atoms with Crippen LogP contribution in [-0.4, -0.2) is 21.7 Å². The van der Waals surface area contributed by atoms with Crippen molar-refractivity contribution in [1.29, 1.82) is 0 Å². The first-order valence-corrected chi connectivity index (χ1v) is 6.67. The summed E-state index contributed by atoms with van der Waals surface area (Å²) in [5.41, 5.74) is -0.105. The minimum absolute atomic E-state index is 0.0218. The third-order valence-corrected chi connectivity index (χ3v) is 3.11. The zero-order chi connectivity index (χ0) is 16.3. The molecule has 0 aliphatic heterocycles. The summed E-state index contributed by atoms with van der Waals surface area (Å²) in [7, 11) is 0. The Hall–Kier alpha value is -2.15. The lowest BCUT2D eigenvalue weighted by Crippen LogP contribution is -2.20. The van der Waals surface area contributed by atoms with Crippen LogP contribution in [0.15, 0.2) is 30.3 Å². The second kappa shape index (κ2) is 6.31. The standard InChI is InChI=1S/C15H16F3N3O/c1-9-7-14(20-10(2)19-9)21-13(8-22)11-5-3-4-6-12(11)15(16,17)18/h3-7,13,22H,8H2,1-2H3,(H,19,20,21). The number of halogens is 3. The molecular weight excluding hydrogens is 295 g/mol. The van der Waals surface area contributed by atoms with Crippen LogP contribution in [0.5, 0.6) is 0 Å². The molecule has 0 bridgehead atoms. The lowest BCUT2D eigenvalue weighted by atomic mass is 10.0. The van der Waals surface area contributed by atoms with Crippen LogP contribution in [0.3, 0.4) is 0 Å². The Morgan fingerprint density at radius 3 is 2.45 bits per heavy atom. The number of rotatable bonds is 4. The quantitative estimate of drug-likeness (QED) is 0.910. The van der Waals surface area contributed by atoms with Gasteiger partial charge in [0.1, 0.15) is 11.6 Å². The number of hydrogen-bond donors (Lipinski definition) is 2. The van der Waals surface area contributed by atoms with Crippen molar-refractivity contribution in [2.24, 2.45) is 0 Å². The van der Waals surface area contributed by atoms with Gasteiger partial charge in [0.2, 0.25) is 0 Å². The van der Waals surface area contributed by atoms with Gasteiger partial charge in [0.25, 0.3) is 0 Å². The Bertz CT molecular complexity index is 638. The van der Waals surface area contributed by atoms with E-state index in [-0.39, 0.29) is 5.56 Å². The Kier molecular flexibility index (Phi) is 4.65. The van der Waals surface area contributed by atoms with E-state index < -0.39 is 24.4 Å². The van der Waals surface area contributed by atoms with Crippen LogP contribution in [0.1, 0.15) is 28.7 Å². The fourth-order valence-corrected chi connectivity index (χ4v) is 2.25. The number of nitrogens with one attached hydrogen (secondary N) is 1. The van der Waals surface area contributed by atoms with E-state index >= 15 is 0 Å². The Morgan fingerprint density at radius 1 is 1.18 bits per heavy atom. The third-order valence-electron chi connectivity index (χ3n) is 3.11. The number of benzene rings is 1. The van der Waals surface area contributed by atoms with Crippen molar-refractivity contribution < 1.29 is 18.3 Å². The predicted octanol–water partition coefficient (Wildman–Crippen LogP) is 3.26. The predicted molar refractivity (Wildman–Crippen MR) is 76.4 cm³/mol. The summed E-state index contributed by atoms with van der Waals surface area (Å²) in [6.07, 6.45) is -4.48. The van der Waals surface area contributed by atoms with Gasteiger partial charge in [-0.3, -0.25) is 0 Å². The van der Waals surface area contributed by atoms with E-state index in [9.17, 15) is 18.3 Å². The smallest absolute Gasteiger partial charge is 0.394 e. The van der Waals surface area contributed by atoms with E-state index in [0.717, 1.165) is 6.07 Å². The SMILES string of the molecule is Cc1cc(NC(CO)c2ccccc2C(F)(F)F)nc(C)n1. The molecule has 0 amide bonds. The number of aliphatic hydroxyl groups is 1. The number of alkyl halides is 3. The van der Waals surface area contributed by atoms with Crippen LogP contribution in [0.2, 0.25) is 0 Å². The van der Waals surface area contributed by atoms with Crippen LogP contribution in [-0.2, 0) is 6.18 Å². The van der Waals surface area contributed by atoms with Gasteiger partial charge >= 0.3 is 6.18 Å². The van der Waals surface area contributed by atoms with E-state index in [1.165, 1.54) is 18.2 Å². The van der Waals surface area contributed by atoms with Crippen LogP contribution in [0.25, 0.3) is 0 Å². The van der Waals surface area contributed by atoms with E-state index in [0.29, 0.717) is 17.3 Å². The first-order chi connectivity index (χ1) is 10.3. The molecule has 0 radical (unpaired) electrons. The van der Waals surface area contributed by atoms with E-state index in [1.807, 2.05) is 0 Å². The van der Waals surface area contributed by atoms with Crippen molar-refractivity contribution in [2.45, 2.75) is 26.1 Å². The zero-order valence-electron chi connectivity index (χ0n) is 12.1. The molecule has 7 heteroatoms. The third kappa shape index (κ3) is 3.73. The van der Waals surface area contributed by atoms with Crippen molar-refractivity contribution in [2.75, 3.05) is 11.9 Å². The molecule has 1 atom stereocenters. The Labute approximate surface area is 126 Å². The van der Waals surface area contributed by atoms with Crippen LogP contribution in [0.4, 0.5) is 19.0 Å². The molecule has 0 saturated heterocycles. The van der Waals surface area contributed by atoms with Gasteiger partial charge in [-0.05, 0) is 25.5 Å². The van der Waals surface area contributed by atoms with Crippen molar-refractivity contribution in [3.63, 3.8) is 0 Å². The molecule has 2 aromatic rings. The summed E-state index contributed by atoms with van der Waals surface area (Å²) >= 11 is 0. The average molecular weight is 311 g/mol. The zero-order valence-corrected chi connectivity index (χ0v) is 12.1. The molecule has 0 saturated carbocycles. The van der Waals surface area contributed by atoms with Crippen molar-refractivity contribution in [3.05, 3.63) is 53.0 Å². The first-order valence-electron chi connectivity index (χ1n) is 6.67. The largest absolute Gasteiger partial charge is 0.416 e. The molecule has 0 spiro atoms. The maximum atomic E-state index is 13.1. The van der Waals surface area contributed by atoms with Gasteiger partial charge in [-0.1, -0.05) is 18.2 Å². The Morgan fingerprint density at radius 2 is 1.86 bits per heavy atom. The van der Waals surface area contributed by atoms with E-state index in [1.54, 1.807) is 19.9 Å². The van der Waals surface area contributed by atoms with Crippen molar-refractivity contribution in [3.8, 4) is 0 Å². The highest BCUT2D eigenvalue weighted by Crippen LogP contribution is 2.35. The molecule has 1 heterocycles. The molecule has 4 nitrogen and oxygen atoms in total. The van der Waals surface area contributed by atoms with Gasteiger partial charge < -0.3 is 10.4 Å². The molecular formula is C15H16F3N3O. The molecule has 2 N–H and O–H groups in total. The minimum Gasteiger partial charge on any atom is -0.394 e. The summed E-state index contributed by atoms with van der Waals surface area (Å²) in [6, 6.07) is 5.87. The van der Waals surface area contributed by atoms with Gasteiger partial charge in [-0.25, -0.2) is 9.97 Å². The van der Waals surface area contributed by atoms with Gasteiger partial charge in [-0.15, -0.1) is 0 Å².